The SMILES string of the molecule is CC(C)(C)CN1CCC(N)C1. The number of likely N-dealkylation sites (tertiary alicyclic amines) is 1. The molecule has 0 bridgehead atoms. The zero-order valence-electron chi connectivity index (χ0n) is 7.93. The van der Waals surface area contributed by atoms with Gasteiger partial charge in [-0.3, -0.25) is 0 Å². The second-order valence-electron chi connectivity index (χ2n) is 4.84. The van der Waals surface area contributed by atoms with Gasteiger partial charge in [-0.1, -0.05) is 20.8 Å². The predicted octanol–water partition coefficient (Wildman–Crippen LogP) is 1.07. The van der Waals surface area contributed by atoms with E-state index in [9.17, 15) is 0 Å². The molecule has 1 atom stereocenters. The van der Waals surface area contributed by atoms with E-state index in [-0.39, 0.29) is 0 Å². The molecule has 0 spiro atoms. The van der Waals surface area contributed by atoms with Crippen LogP contribution in [0.15, 0.2) is 0 Å². The minimum atomic E-state index is 0.421. The summed E-state index contributed by atoms with van der Waals surface area (Å²) in [5.74, 6) is 0. The van der Waals surface area contributed by atoms with E-state index in [1.165, 1.54) is 19.5 Å². The Morgan fingerprint density at radius 1 is 1.45 bits per heavy atom. The molecule has 66 valence electrons. The van der Waals surface area contributed by atoms with E-state index in [4.69, 9.17) is 5.73 Å². The van der Waals surface area contributed by atoms with Crippen molar-refractivity contribution in [1.82, 2.24) is 4.90 Å². The standard InChI is InChI=1S/C9H20N2/c1-9(2,3)7-11-5-4-8(10)6-11/h8H,4-7,10H2,1-3H3. The molecule has 1 aliphatic heterocycles. The van der Waals surface area contributed by atoms with Crippen LogP contribution >= 0.6 is 0 Å². The van der Waals surface area contributed by atoms with Crippen LogP contribution in [-0.4, -0.2) is 30.6 Å². The molecule has 11 heavy (non-hydrogen) atoms. The van der Waals surface area contributed by atoms with Crippen molar-refractivity contribution in [1.29, 1.82) is 0 Å². The Kier molecular flexibility index (Phi) is 2.55. The fraction of sp³-hybridized carbons (Fsp3) is 1.00. The summed E-state index contributed by atoms with van der Waals surface area (Å²) in [6, 6.07) is 0.428. The second kappa shape index (κ2) is 3.11. The molecular weight excluding hydrogens is 136 g/mol. The van der Waals surface area contributed by atoms with Gasteiger partial charge in [-0.2, -0.15) is 0 Å². The average Bonchev–Trinajstić information content (AvgIpc) is 2.10. The Balaban J connectivity index is 2.29. The molecule has 0 amide bonds. The van der Waals surface area contributed by atoms with Crippen molar-refractivity contribution in [2.75, 3.05) is 19.6 Å². The number of nitrogens with two attached hydrogens (primary N) is 1. The van der Waals surface area contributed by atoms with Gasteiger partial charge < -0.3 is 10.6 Å². The lowest BCUT2D eigenvalue weighted by molar-refractivity contribution is 0.225. The lowest BCUT2D eigenvalue weighted by Crippen LogP contribution is -2.33. The highest BCUT2D eigenvalue weighted by atomic mass is 15.2. The fourth-order valence-corrected chi connectivity index (χ4v) is 1.68. The maximum Gasteiger partial charge on any atom is 0.0180 e. The third-order valence-electron chi connectivity index (χ3n) is 2.01. The average molecular weight is 156 g/mol. The van der Waals surface area contributed by atoms with E-state index >= 15 is 0 Å². The second-order valence-corrected chi connectivity index (χ2v) is 4.84. The van der Waals surface area contributed by atoms with Crippen LogP contribution in [0, 0.1) is 5.41 Å². The lowest BCUT2D eigenvalue weighted by Gasteiger charge is -2.25. The molecule has 1 aliphatic rings. The minimum Gasteiger partial charge on any atom is -0.326 e. The number of nitrogens with zero attached hydrogens (tertiary/aromatic N) is 1. The number of rotatable bonds is 1. The zero-order chi connectivity index (χ0) is 8.48. The molecule has 0 aliphatic carbocycles. The number of hydrogen-bond acceptors (Lipinski definition) is 2. The molecule has 0 aromatic carbocycles. The molecule has 1 fully saturated rings. The molecule has 0 aromatic heterocycles. The van der Waals surface area contributed by atoms with Crippen LogP contribution in [0.1, 0.15) is 27.2 Å². The van der Waals surface area contributed by atoms with Crippen molar-refractivity contribution >= 4 is 0 Å². The van der Waals surface area contributed by atoms with Gasteiger partial charge >= 0.3 is 0 Å². The van der Waals surface area contributed by atoms with Gasteiger partial charge in [-0.15, -0.1) is 0 Å². The number of hydrogen-bond donors (Lipinski definition) is 1. The van der Waals surface area contributed by atoms with Crippen LogP contribution in [0.3, 0.4) is 0 Å². The van der Waals surface area contributed by atoms with Crippen molar-refractivity contribution in [2.24, 2.45) is 11.1 Å². The largest absolute Gasteiger partial charge is 0.326 e. The highest BCUT2D eigenvalue weighted by molar-refractivity contribution is 4.80. The van der Waals surface area contributed by atoms with E-state index in [0.29, 0.717) is 11.5 Å². The molecule has 1 saturated heterocycles. The van der Waals surface area contributed by atoms with E-state index in [0.717, 1.165) is 6.54 Å². The van der Waals surface area contributed by atoms with Gasteiger partial charge in [0.05, 0.1) is 0 Å². The molecule has 2 heteroatoms. The molecule has 0 saturated carbocycles. The summed E-state index contributed by atoms with van der Waals surface area (Å²) in [4.78, 5) is 2.46. The van der Waals surface area contributed by atoms with E-state index < -0.39 is 0 Å². The Bertz CT molecular complexity index is 126. The van der Waals surface area contributed by atoms with Gasteiger partial charge in [0.25, 0.3) is 0 Å². The van der Waals surface area contributed by atoms with Crippen LogP contribution in [0.2, 0.25) is 0 Å². The topological polar surface area (TPSA) is 29.3 Å². The highest BCUT2D eigenvalue weighted by Crippen LogP contribution is 2.18. The monoisotopic (exact) mass is 156 g/mol. The highest BCUT2D eigenvalue weighted by Gasteiger charge is 2.23. The first-order chi connectivity index (χ1) is 4.97. The van der Waals surface area contributed by atoms with Gasteiger partial charge in [0.1, 0.15) is 0 Å². The normalized spacial score (nSPS) is 27.8. The molecule has 2 N–H and O–H groups in total. The Labute approximate surface area is 69.8 Å². The van der Waals surface area contributed by atoms with Gasteiger partial charge in [0, 0.05) is 19.1 Å². The zero-order valence-corrected chi connectivity index (χ0v) is 7.93. The molecule has 1 rings (SSSR count). The Morgan fingerprint density at radius 2 is 2.09 bits per heavy atom. The predicted molar refractivity (Wildman–Crippen MR) is 48.5 cm³/mol. The summed E-state index contributed by atoms with van der Waals surface area (Å²) in [6.45, 7) is 10.3. The summed E-state index contributed by atoms with van der Waals surface area (Å²) < 4.78 is 0. The quantitative estimate of drug-likeness (QED) is 0.615. The first kappa shape index (κ1) is 9.01. The van der Waals surface area contributed by atoms with Crippen LogP contribution < -0.4 is 5.73 Å². The fourth-order valence-electron chi connectivity index (χ4n) is 1.68. The van der Waals surface area contributed by atoms with Crippen molar-refractivity contribution < 1.29 is 0 Å². The maximum atomic E-state index is 5.80. The molecule has 0 radical (unpaired) electrons. The summed E-state index contributed by atoms with van der Waals surface area (Å²) in [5, 5.41) is 0. The molecular formula is C9H20N2. The molecule has 2 nitrogen and oxygen atoms in total. The van der Waals surface area contributed by atoms with Gasteiger partial charge in [-0.25, -0.2) is 0 Å². The molecule has 1 heterocycles. The van der Waals surface area contributed by atoms with Crippen molar-refractivity contribution in [2.45, 2.75) is 33.2 Å². The Hall–Kier alpha value is -0.0800. The van der Waals surface area contributed by atoms with Gasteiger partial charge in [-0.05, 0) is 18.4 Å². The van der Waals surface area contributed by atoms with Gasteiger partial charge in [0.2, 0.25) is 0 Å². The summed E-state index contributed by atoms with van der Waals surface area (Å²) >= 11 is 0. The van der Waals surface area contributed by atoms with Crippen molar-refractivity contribution in [3.63, 3.8) is 0 Å². The molecule has 1 unspecified atom stereocenters. The lowest BCUT2D eigenvalue weighted by atomic mass is 9.96. The van der Waals surface area contributed by atoms with Crippen LogP contribution in [0.5, 0.6) is 0 Å². The first-order valence-corrected chi connectivity index (χ1v) is 4.45. The maximum absolute atomic E-state index is 5.80. The van der Waals surface area contributed by atoms with E-state index in [1.807, 2.05) is 0 Å². The molecule has 0 aromatic rings. The first-order valence-electron chi connectivity index (χ1n) is 4.45. The van der Waals surface area contributed by atoms with Crippen molar-refractivity contribution in [3.05, 3.63) is 0 Å². The summed E-state index contributed by atoms with van der Waals surface area (Å²) in [6.07, 6.45) is 1.18. The Morgan fingerprint density at radius 3 is 2.45 bits per heavy atom. The van der Waals surface area contributed by atoms with E-state index in [2.05, 4.69) is 25.7 Å². The third-order valence-corrected chi connectivity index (χ3v) is 2.01. The minimum absolute atomic E-state index is 0.421. The summed E-state index contributed by atoms with van der Waals surface area (Å²) in [7, 11) is 0. The van der Waals surface area contributed by atoms with Gasteiger partial charge in [0.15, 0.2) is 0 Å². The van der Waals surface area contributed by atoms with Crippen LogP contribution in [-0.2, 0) is 0 Å². The van der Waals surface area contributed by atoms with E-state index in [1.54, 1.807) is 0 Å². The summed E-state index contributed by atoms with van der Waals surface area (Å²) in [5.41, 5.74) is 6.22. The third kappa shape index (κ3) is 3.21. The van der Waals surface area contributed by atoms with Crippen molar-refractivity contribution in [3.8, 4) is 0 Å². The smallest absolute Gasteiger partial charge is 0.0180 e. The van der Waals surface area contributed by atoms with Crippen LogP contribution in [0.4, 0.5) is 0 Å². The van der Waals surface area contributed by atoms with Crippen LogP contribution in [0.25, 0.3) is 0 Å².